The lowest BCUT2D eigenvalue weighted by molar-refractivity contribution is -0.788. The van der Waals surface area contributed by atoms with Gasteiger partial charge >= 0.3 is 11.9 Å². The number of quaternary nitrogens is 1. The van der Waals surface area contributed by atoms with Gasteiger partial charge in [0.2, 0.25) is 5.69 Å². The van der Waals surface area contributed by atoms with Gasteiger partial charge in [0.15, 0.2) is 12.3 Å². The fraction of sp³-hybridized carbons (Fsp3) is 0.308. The second-order valence-electron chi connectivity index (χ2n) is 12.8. The summed E-state index contributed by atoms with van der Waals surface area (Å²) in [6.45, 7) is 9.80. The second-order valence-corrected chi connectivity index (χ2v) is 12.8. The lowest BCUT2D eigenvalue weighted by atomic mass is 9.75. The SMILES string of the molecule is CCC1(C)C(/C=C/C=C2/[NH+](CCC(=O)O)c3ccc4ccccc4c3C2(C)CC)=[N+](CCC(=O)O)c2ccc3ccccc3c21. The lowest BCUT2D eigenvalue weighted by Gasteiger charge is -2.25. The summed E-state index contributed by atoms with van der Waals surface area (Å²) in [5, 5.41) is 24.1. The van der Waals surface area contributed by atoms with Crippen molar-refractivity contribution >= 4 is 50.6 Å². The molecule has 4 aromatic carbocycles. The van der Waals surface area contributed by atoms with Crippen LogP contribution < -0.4 is 4.90 Å². The van der Waals surface area contributed by atoms with Crippen molar-refractivity contribution < 1.29 is 29.3 Å². The first-order valence-electron chi connectivity index (χ1n) is 16.0. The molecular weight excluding hydrogens is 560 g/mol. The van der Waals surface area contributed by atoms with E-state index in [1.165, 1.54) is 32.7 Å². The molecule has 0 aromatic heterocycles. The molecule has 45 heavy (non-hydrogen) atoms. The Kier molecular flexibility index (Phi) is 7.96. The molecule has 0 fully saturated rings. The predicted octanol–water partition coefficient (Wildman–Crippen LogP) is 7.05. The van der Waals surface area contributed by atoms with Crippen LogP contribution in [0, 0.1) is 0 Å². The molecule has 0 saturated heterocycles. The van der Waals surface area contributed by atoms with Gasteiger partial charge in [0.1, 0.15) is 17.8 Å². The molecular formula is C39H42N2O4+2. The normalized spacial score (nSPS) is 23.4. The molecule has 3 unspecified atom stereocenters. The van der Waals surface area contributed by atoms with Crippen molar-refractivity contribution in [3.05, 3.63) is 108 Å². The van der Waals surface area contributed by atoms with Crippen LogP contribution in [0.15, 0.2) is 96.7 Å². The zero-order valence-electron chi connectivity index (χ0n) is 26.6. The molecule has 0 radical (unpaired) electrons. The predicted molar refractivity (Wildman–Crippen MR) is 180 cm³/mol. The molecule has 0 aliphatic carbocycles. The summed E-state index contributed by atoms with van der Waals surface area (Å²) in [4.78, 5) is 24.6. The van der Waals surface area contributed by atoms with Crippen LogP contribution in [0.2, 0.25) is 0 Å². The van der Waals surface area contributed by atoms with Gasteiger partial charge in [0.05, 0.1) is 23.8 Å². The van der Waals surface area contributed by atoms with Gasteiger partial charge in [-0.1, -0.05) is 68.5 Å². The number of hydrogen-bond donors (Lipinski definition) is 3. The first-order chi connectivity index (χ1) is 21.6. The maximum absolute atomic E-state index is 11.8. The molecule has 3 atom stereocenters. The van der Waals surface area contributed by atoms with Crippen LogP contribution in [0.1, 0.15) is 64.5 Å². The van der Waals surface area contributed by atoms with Crippen LogP contribution >= 0.6 is 0 Å². The summed E-state index contributed by atoms with van der Waals surface area (Å²) in [6.07, 6.45) is 8.30. The fourth-order valence-corrected chi connectivity index (χ4v) is 7.82. The number of carboxylic acid groups (broad SMARTS) is 2. The summed E-state index contributed by atoms with van der Waals surface area (Å²) in [7, 11) is 0. The van der Waals surface area contributed by atoms with Crippen molar-refractivity contribution in [2.24, 2.45) is 0 Å². The Morgan fingerprint density at radius 3 is 2.00 bits per heavy atom. The zero-order valence-corrected chi connectivity index (χ0v) is 26.6. The number of carboxylic acids is 2. The molecule has 2 aliphatic heterocycles. The highest BCUT2D eigenvalue weighted by Gasteiger charge is 2.49. The van der Waals surface area contributed by atoms with Crippen LogP contribution in [-0.2, 0) is 20.4 Å². The summed E-state index contributed by atoms with van der Waals surface area (Å²) in [5.74, 6) is -1.62. The maximum Gasteiger partial charge on any atom is 0.309 e. The second kappa shape index (κ2) is 11.8. The quantitative estimate of drug-likeness (QED) is 0.170. The zero-order chi connectivity index (χ0) is 31.9. The number of carbonyl (C=O) groups is 2. The van der Waals surface area contributed by atoms with Gasteiger partial charge in [-0.05, 0) is 66.4 Å². The first kappa shape index (κ1) is 30.5. The van der Waals surface area contributed by atoms with Crippen molar-refractivity contribution in [1.82, 2.24) is 0 Å². The van der Waals surface area contributed by atoms with E-state index in [9.17, 15) is 19.8 Å². The number of benzene rings is 4. The Labute approximate surface area is 264 Å². The van der Waals surface area contributed by atoms with Crippen LogP contribution in [0.5, 0.6) is 0 Å². The van der Waals surface area contributed by atoms with Gasteiger partial charge in [-0.3, -0.25) is 14.5 Å². The van der Waals surface area contributed by atoms with Crippen molar-refractivity contribution in [3.8, 4) is 0 Å². The summed E-state index contributed by atoms with van der Waals surface area (Å²) >= 11 is 0. The van der Waals surface area contributed by atoms with Crippen LogP contribution in [0.3, 0.4) is 0 Å². The molecule has 6 rings (SSSR count). The Bertz CT molecular complexity index is 1940. The molecule has 230 valence electrons. The molecule has 3 N–H and O–H groups in total. The Morgan fingerprint density at radius 1 is 0.778 bits per heavy atom. The molecule has 0 amide bonds. The van der Waals surface area contributed by atoms with Crippen molar-refractivity contribution in [3.63, 3.8) is 0 Å². The number of fused-ring (bicyclic) bond motifs is 6. The van der Waals surface area contributed by atoms with Gasteiger partial charge in [0.25, 0.3) is 0 Å². The summed E-state index contributed by atoms with van der Waals surface area (Å²) in [5.41, 5.74) is 6.37. The largest absolute Gasteiger partial charge is 0.481 e. The first-order valence-corrected chi connectivity index (χ1v) is 16.0. The molecule has 6 nitrogen and oxygen atoms in total. The third-order valence-electron chi connectivity index (χ3n) is 10.4. The molecule has 2 aliphatic rings. The fourth-order valence-electron chi connectivity index (χ4n) is 7.82. The van der Waals surface area contributed by atoms with Gasteiger partial charge in [-0.15, -0.1) is 0 Å². The highest BCUT2D eigenvalue weighted by molar-refractivity contribution is 6.08. The Hall–Kier alpha value is -4.55. The van der Waals surface area contributed by atoms with Crippen LogP contribution in [0.25, 0.3) is 21.5 Å². The average Bonchev–Trinajstić information content (AvgIpc) is 3.44. The lowest BCUT2D eigenvalue weighted by Crippen LogP contribution is -3.05. The monoisotopic (exact) mass is 602 g/mol. The molecule has 2 heterocycles. The van der Waals surface area contributed by atoms with Gasteiger partial charge in [-0.2, -0.15) is 4.58 Å². The molecule has 4 aromatic rings. The van der Waals surface area contributed by atoms with Crippen molar-refractivity contribution in [2.45, 2.75) is 64.2 Å². The van der Waals surface area contributed by atoms with E-state index in [2.05, 4.69) is 123 Å². The Balaban J connectivity index is 1.51. The van der Waals surface area contributed by atoms with Crippen molar-refractivity contribution in [2.75, 3.05) is 13.1 Å². The third-order valence-corrected chi connectivity index (χ3v) is 10.4. The highest BCUT2D eigenvalue weighted by atomic mass is 16.4. The van der Waals surface area contributed by atoms with Gasteiger partial charge in [0, 0.05) is 29.3 Å². The number of nitrogens with zero attached hydrogens (tertiary/aromatic N) is 1. The van der Waals surface area contributed by atoms with Crippen molar-refractivity contribution in [1.29, 1.82) is 0 Å². The molecule has 0 saturated carbocycles. The molecule has 0 spiro atoms. The van der Waals surface area contributed by atoms with E-state index in [1.807, 2.05) is 0 Å². The number of rotatable bonds is 10. The average molecular weight is 603 g/mol. The summed E-state index contributed by atoms with van der Waals surface area (Å²) in [6, 6.07) is 25.5. The smallest absolute Gasteiger partial charge is 0.309 e. The van der Waals surface area contributed by atoms with E-state index < -0.39 is 11.9 Å². The van der Waals surface area contributed by atoms with E-state index >= 15 is 0 Å². The molecule has 6 heteroatoms. The van der Waals surface area contributed by atoms with Crippen LogP contribution in [0.4, 0.5) is 11.4 Å². The number of allylic oxidation sites excluding steroid dienone is 4. The Morgan fingerprint density at radius 2 is 1.38 bits per heavy atom. The standard InChI is InChI=1S/C39H40N2O4/c1-5-38(3)32(40(24-22-34(42)43)30-20-18-26-12-7-9-14-28(26)36(30)38)16-11-17-33-39(4,6-2)37-29-15-10-8-13-27(29)19-21-31(37)41(33)25-23-35(44)45/h7-21H,5-6,22-25H2,1-4H3,(H-,42,43,44,45)/p+2. The maximum atomic E-state index is 11.8. The topological polar surface area (TPSA) is 82.0 Å². The molecule has 0 bridgehead atoms. The van der Waals surface area contributed by atoms with Crippen LogP contribution in [-0.4, -0.2) is 45.5 Å². The van der Waals surface area contributed by atoms with Gasteiger partial charge < -0.3 is 10.2 Å². The van der Waals surface area contributed by atoms with E-state index in [4.69, 9.17) is 0 Å². The highest BCUT2D eigenvalue weighted by Crippen LogP contribution is 2.47. The van der Waals surface area contributed by atoms with E-state index in [-0.39, 0.29) is 23.7 Å². The number of nitrogens with one attached hydrogen (secondary N) is 1. The minimum atomic E-state index is -0.819. The number of hydrogen-bond acceptors (Lipinski definition) is 2. The van der Waals surface area contributed by atoms with E-state index in [0.717, 1.165) is 40.5 Å². The third kappa shape index (κ3) is 4.98. The van der Waals surface area contributed by atoms with Gasteiger partial charge in [-0.25, -0.2) is 0 Å². The number of aliphatic carboxylic acids is 2. The summed E-state index contributed by atoms with van der Waals surface area (Å²) < 4.78 is 2.19. The van der Waals surface area contributed by atoms with E-state index in [0.29, 0.717) is 13.1 Å². The van der Waals surface area contributed by atoms with E-state index in [1.54, 1.807) is 0 Å². The minimum absolute atomic E-state index is 0.0356. The minimum Gasteiger partial charge on any atom is -0.481 e.